The summed E-state index contributed by atoms with van der Waals surface area (Å²) in [6, 6.07) is 8.75. The molecule has 0 aliphatic heterocycles. The van der Waals surface area contributed by atoms with Gasteiger partial charge in [-0.3, -0.25) is 4.79 Å². The fourth-order valence-corrected chi connectivity index (χ4v) is 1.92. The zero-order chi connectivity index (χ0) is 14.0. The van der Waals surface area contributed by atoms with Crippen molar-refractivity contribution < 1.29 is 9.18 Å². The minimum Gasteiger partial charge on any atom is -0.397 e. The number of amides is 1. The lowest BCUT2D eigenvalue weighted by Gasteiger charge is -2.10. The van der Waals surface area contributed by atoms with Gasteiger partial charge in [0.2, 0.25) is 0 Å². The molecule has 0 aliphatic carbocycles. The molecule has 98 valence electrons. The number of halogens is 3. The number of carbonyl (C=O) groups excluding carboxylic acids is 1. The molecular formula is C13H9Cl2FN2O. The Morgan fingerprint density at radius 2 is 1.74 bits per heavy atom. The lowest BCUT2D eigenvalue weighted by Crippen LogP contribution is -2.15. The Morgan fingerprint density at radius 1 is 1.11 bits per heavy atom. The fourth-order valence-electron chi connectivity index (χ4n) is 1.53. The van der Waals surface area contributed by atoms with Gasteiger partial charge in [0, 0.05) is 0 Å². The first-order chi connectivity index (χ1) is 9.00. The highest BCUT2D eigenvalue weighted by atomic mass is 35.5. The van der Waals surface area contributed by atoms with Crippen LogP contribution in [0.1, 0.15) is 10.4 Å². The van der Waals surface area contributed by atoms with Crippen LogP contribution in [0.4, 0.5) is 15.8 Å². The summed E-state index contributed by atoms with van der Waals surface area (Å²) in [7, 11) is 0. The van der Waals surface area contributed by atoms with E-state index in [9.17, 15) is 9.18 Å². The van der Waals surface area contributed by atoms with Crippen LogP contribution in [-0.2, 0) is 0 Å². The third-order valence-corrected chi connectivity index (χ3v) is 3.14. The van der Waals surface area contributed by atoms with Crippen LogP contribution < -0.4 is 11.1 Å². The van der Waals surface area contributed by atoms with Gasteiger partial charge >= 0.3 is 0 Å². The molecule has 0 saturated heterocycles. The van der Waals surface area contributed by atoms with Crippen molar-refractivity contribution >= 4 is 40.5 Å². The molecule has 0 aliphatic rings. The number of para-hydroxylation sites is 2. The molecular weight excluding hydrogens is 290 g/mol. The molecule has 0 heterocycles. The number of benzene rings is 2. The van der Waals surface area contributed by atoms with Crippen molar-refractivity contribution in [3.63, 3.8) is 0 Å². The maximum absolute atomic E-state index is 13.5. The third-order valence-electron chi connectivity index (χ3n) is 2.50. The van der Waals surface area contributed by atoms with Gasteiger partial charge in [-0.05, 0) is 24.3 Å². The summed E-state index contributed by atoms with van der Waals surface area (Å²) >= 11 is 11.6. The fraction of sp³-hybridized carbons (Fsp3) is 0. The van der Waals surface area contributed by atoms with Gasteiger partial charge in [-0.1, -0.05) is 35.3 Å². The molecule has 1 amide bonds. The minimum absolute atomic E-state index is 0.0893. The number of nitrogens with two attached hydrogens (primary N) is 1. The molecule has 3 nitrogen and oxygen atoms in total. The van der Waals surface area contributed by atoms with Crippen LogP contribution in [0.2, 0.25) is 10.0 Å². The number of anilines is 2. The summed E-state index contributed by atoms with van der Waals surface area (Å²) in [5.41, 5.74) is 5.90. The molecule has 0 spiro atoms. The van der Waals surface area contributed by atoms with Gasteiger partial charge in [-0.2, -0.15) is 0 Å². The van der Waals surface area contributed by atoms with Gasteiger partial charge < -0.3 is 11.1 Å². The van der Waals surface area contributed by atoms with E-state index in [0.717, 1.165) is 0 Å². The predicted octanol–water partition coefficient (Wildman–Crippen LogP) is 3.97. The summed E-state index contributed by atoms with van der Waals surface area (Å²) < 4.78 is 13.5. The van der Waals surface area contributed by atoms with Crippen LogP contribution in [0.3, 0.4) is 0 Å². The summed E-state index contributed by atoms with van der Waals surface area (Å²) in [5.74, 6) is -1.20. The molecule has 2 rings (SSSR count). The van der Waals surface area contributed by atoms with Gasteiger partial charge in [-0.15, -0.1) is 0 Å². The monoisotopic (exact) mass is 298 g/mol. The second-order valence-corrected chi connectivity index (χ2v) is 4.57. The van der Waals surface area contributed by atoms with Crippen LogP contribution in [0, 0.1) is 5.82 Å². The molecule has 3 N–H and O–H groups in total. The molecule has 0 aromatic heterocycles. The lowest BCUT2D eigenvalue weighted by molar-refractivity contribution is 0.102. The Bertz CT molecular complexity index is 626. The number of nitrogens with one attached hydrogen (secondary N) is 1. The molecule has 0 atom stereocenters. The highest BCUT2D eigenvalue weighted by Crippen LogP contribution is 2.27. The zero-order valence-corrected chi connectivity index (χ0v) is 11.1. The summed E-state index contributed by atoms with van der Waals surface area (Å²) in [4.78, 5) is 12.0. The van der Waals surface area contributed by atoms with E-state index in [0.29, 0.717) is 0 Å². The van der Waals surface area contributed by atoms with Crippen LogP contribution in [-0.4, -0.2) is 5.91 Å². The Morgan fingerprint density at radius 3 is 2.42 bits per heavy atom. The maximum Gasteiger partial charge on any atom is 0.257 e. The van der Waals surface area contributed by atoms with Crippen molar-refractivity contribution in [2.75, 3.05) is 11.1 Å². The second kappa shape index (κ2) is 5.47. The van der Waals surface area contributed by atoms with E-state index < -0.39 is 11.7 Å². The Balaban J connectivity index is 2.34. The maximum atomic E-state index is 13.5. The SMILES string of the molecule is Nc1c(Cl)cccc1C(=O)Nc1c(F)cccc1Cl. The van der Waals surface area contributed by atoms with E-state index in [2.05, 4.69) is 5.32 Å². The van der Waals surface area contributed by atoms with E-state index in [1.165, 1.54) is 24.3 Å². The highest BCUT2D eigenvalue weighted by molar-refractivity contribution is 6.35. The minimum atomic E-state index is -0.624. The quantitative estimate of drug-likeness (QED) is 0.824. The van der Waals surface area contributed by atoms with Crippen LogP contribution in [0.25, 0.3) is 0 Å². The normalized spacial score (nSPS) is 10.3. The lowest BCUT2D eigenvalue weighted by atomic mass is 10.1. The van der Waals surface area contributed by atoms with E-state index in [1.807, 2.05) is 0 Å². The van der Waals surface area contributed by atoms with Crippen LogP contribution in [0.15, 0.2) is 36.4 Å². The zero-order valence-electron chi connectivity index (χ0n) is 9.58. The van der Waals surface area contributed by atoms with Gasteiger partial charge in [0.05, 0.1) is 27.0 Å². The number of hydrogen-bond acceptors (Lipinski definition) is 2. The summed E-state index contributed by atoms with van der Waals surface area (Å²) in [6.07, 6.45) is 0. The molecule has 0 radical (unpaired) electrons. The largest absolute Gasteiger partial charge is 0.397 e. The van der Waals surface area contributed by atoms with Crippen molar-refractivity contribution in [2.45, 2.75) is 0 Å². The summed E-state index contributed by atoms with van der Waals surface area (Å²) in [6.45, 7) is 0. The molecule has 19 heavy (non-hydrogen) atoms. The molecule has 0 unspecified atom stereocenters. The molecule has 0 saturated carbocycles. The number of carbonyl (C=O) groups is 1. The van der Waals surface area contributed by atoms with E-state index in [-0.39, 0.29) is 27.0 Å². The average molecular weight is 299 g/mol. The molecule has 2 aromatic carbocycles. The van der Waals surface area contributed by atoms with Gasteiger partial charge in [-0.25, -0.2) is 4.39 Å². The number of nitrogen functional groups attached to an aromatic ring is 1. The molecule has 6 heteroatoms. The first-order valence-corrected chi connectivity index (χ1v) is 6.05. The molecule has 0 bridgehead atoms. The third kappa shape index (κ3) is 2.80. The highest BCUT2D eigenvalue weighted by Gasteiger charge is 2.15. The smallest absolute Gasteiger partial charge is 0.257 e. The molecule has 0 fully saturated rings. The molecule has 2 aromatic rings. The Kier molecular flexibility index (Phi) is 3.93. The topological polar surface area (TPSA) is 55.1 Å². The Labute approximate surface area is 119 Å². The van der Waals surface area contributed by atoms with Gasteiger partial charge in [0.1, 0.15) is 5.82 Å². The van der Waals surface area contributed by atoms with Crippen molar-refractivity contribution in [2.24, 2.45) is 0 Å². The number of rotatable bonds is 2. The van der Waals surface area contributed by atoms with Gasteiger partial charge in [0.25, 0.3) is 5.91 Å². The summed E-state index contributed by atoms with van der Waals surface area (Å²) in [5, 5.41) is 2.74. The van der Waals surface area contributed by atoms with Crippen molar-refractivity contribution in [1.29, 1.82) is 0 Å². The average Bonchev–Trinajstić information content (AvgIpc) is 2.37. The Hall–Kier alpha value is -1.78. The first kappa shape index (κ1) is 13.6. The number of hydrogen-bond donors (Lipinski definition) is 2. The van der Waals surface area contributed by atoms with E-state index in [4.69, 9.17) is 28.9 Å². The van der Waals surface area contributed by atoms with Crippen LogP contribution >= 0.6 is 23.2 Å². The van der Waals surface area contributed by atoms with Gasteiger partial charge in [0.15, 0.2) is 0 Å². The standard InChI is InChI=1S/C13H9Cl2FN2O/c14-8-4-1-3-7(11(8)17)13(19)18-12-9(15)5-2-6-10(12)16/h1-6H,17H2,(H,18,19). The van der Waals surface area contributed by atoms with Crippen molar-refractivity contribution in [3.05, 3.63) is 57.8 Å². The first-order valence-electron chi connectivity index (χ1n) is 5.30. The predicted molar refractivity (Wildman–Crippen MR) is 75.2 cm³/mol. The van der Waals surface area contributed by atoms with Crippen molar-refractivity contribution in [1.82, 2.24) is 0 Å². The van der Waals surface area contributed by atoms with Crippen molar-refractivity contribution in [3.8, 4) is 0 Å². The van der Waals surface area contributed by atoms with E-state index >= 15 is 0 Å². The van der Waals surface area contributed by atoms with E-state index in [1.54, 1.807) is 12.1 Å². The van der Waals surface area contributed by atoms with Crippen LogP contribution in [0.5, 0.6) is 0 Å². The second-order valence-electron chi connectivity index (χ2n) is 3.75.